The predicted octanol–water partition coefficient (Wildman–Crippen LogP) is 2.17. The number of nitrogens with one attached hydrogen (secondary N) is 1. The van der Waals surface area contributed by atoms with E-state index in [0.717, 1.165) is 25.0 Å². The lowest BCUT2D eigenvalue weighted by Crippen LogP contribution is -2.36. The molecule has 27 heavy (non-hydrogen) atoms. The maximum Gasteiger partial charge on any atom is 0.255 e. The van der Waals surface area contributed by atoms with Crippen LogP contribution in [0.2, 0.25) is 0 Å². The molecule has 3 rings (SSSR count). The van der Waals surface area contributed by atoms with Gasteiger partial charge in [0, 0.05) is 37.1 Å². The van der Waals surface area contributed by atoms with Crippen LogP contribution in [0.25, 0.3) is 0 Å². The zero-order valence-electron chi connectivity index (χ0n) is 15.4. The first kappa shape index (κ1) is 19.2. The van der Waals surface area contributed by atoms with Gasteiger partial charge in [0.05, 0.1) is 25.2 Å². The molecule has 0 saturated carbocycles. The van der Waals surface area contributed by atoms with E-state index in [4.69, 9.17) is 4.74 Å². The number of hydrogen-bond acceptors (Lipinski definition) is 5. The highest BCUT2D eigenvalue weighted by Gasteiger charge is 2.14. The number of rotatable bonds is 5. The van der Waals surface area contributed by atoms with E-state index in [1.807, 2.05) is 12.1 Å². The van der Waals surface area contributed by atoms with Crippen molar-refractivity contribution in [1.82, 2.24) is 0 Å². The molecule has 1 fully saturated rings. The van der Waals surface area contributed by atoms with E-state index < -0.39 is 10.0 Å². The first-order valence-electron chi connectivity index (χ1n) is 8.63. The van der Waals surface area contributed by atoms with Gasteiger partial charge in [-0.1, -0.05) is 6.07 Å². The first-order chi connectivity index (χ1) is 12.8. The molecule has 0 spiro atoms. The van der Waals surface area contributed by atoms with Crippen molar-refractivity contribution in [3.05, 3.63) is 54.1 Å². The largest absolute Gasteiger partial charge is 0.378 e. The molecule has 8 heteroatoms. The van der Waals surface area contributed by atoms with E-state index in [-0.39, 0.29) is 5.91 Å². The normalized spacial score (nSPS) is 14.7. The Balaban J connectivity index is 1.70. The quantitative estimate of drug-likeness (QED) is 0.848. The first-order valence-corrected chi connectivity index (χ1v) is 10.5. The zero-order chi connectivity index (χ0) is 19.4. The van der Waals surface area contributed by atoms with Gasteiger partial charge >= 0.3 is 0 Å². The SMILES string of the molecule is CN(c1cccc(NC(=O)c2ccc(N3CCOCC3)cc2)c1)S(C)(=O)=O. The molecule has 0 aliphatic carbocycles. The van der Waals surface area contributed by atoms with Crippen molar-refractivity contribution in [2.24, 2.45) is 0 Å². The minimum absolute atomic E-state index is 0.248. The van der Waals surface area contributed by atoms with E-state index in [1.54, 1.807) is 36.4 Å². The standard InChI is InChI=1S/C19H23N3O4S/c1-21(27(2,24)25)18-5-3-4-16(14-18)20-19(23)15-6-8-17(9-7-15)22-10-12-26-13-11-22/h3-9,14H,10-13H2,1-2H3,(H,20,23). The van der Waals surface area contributed by atoms with Crippen LogP contribution in [-0.4, -0.2) is 53.9 Å². The monoisotopic (exact) mass is 389 g/mol. The summed E-state index contributed by atoms with van der Waals surface area (Å²) < 4.78 is 29.9. The highest BCUT2D eigenvalue weighted by molar-refractivity contribution is 7.92. The Bertz CT molecular complexity index is 907. The van der Waals surface area contributed by atoms with Crippen molar-refractivity contribution in [1.29, 1.82) is 0 Å². The number of ether oxygens (including phenoxy) is 1. The summed E-state index contributed by atoms with van der Waals surface area (Å²) in [7, 11) is -1.89. The molecule has 0 atom stereocenters. The third-order valence-electron chi connectivity index (χ3n) is 4.47. The lowest BCUT2D eigenvalue weighted by molar-refractivity contribution is 0.102. The number of nitrogens with zero attached hydrogens (tertiary/aromatic N) is 2. The Morgan fingerprint density at radius 2 is 1.78 bits per heavy atom. The smallest absolute Gasteiger partial charge is 0.255 e. The van der Waals surface area contributed by atoms with Crippen molar-refractivity contribution in [2.45, 2.75) is 0 Å². The molecule has 1 saturated heterocycles. The number of carbonyl (C=O) groups is 1. The Hall–Kier alpha value is -2.58. The second-order valence-electron chi connectivity index (χ2n) is 6.38. The summed E-state index contributed by atoms with van der Waals surface area (Å²) in [4.78, 5) is 14.7. The van der Waals surface area contributed by atoms with Crippen molar-refractivity contribution in [3.8, 4) is 0 Å². The minimum atomic E-state index is -3.36. The van der Waals surface area contributed by atoms with Crippen LogP contribution in [0.5, 0.6) is 0 Å². The Morgan fingerprint density at radius 3 is 2.41 bits per heavy atom. The van der Waals surface area contributed by atoms with Gasteiger partial charge in [-0.2, -0.15) is 0 Å². The summed E-state index contributed by atoms with van der Waals surface area (Å²) in [6, 6.07) is 14.1. The van der Waals surface area contributed by atoms with Crippen LogP contribution in [0.4, 0.5) is 17.1 Å². The van der Waals surface area contributed by atoms with E-state index in [1.165, 1.54) is 11.4 Å². The van der Waals surface area contributed by atoms with Gasteiger partial charge in [0.15, 0.2) is 0 Å². The third kappa shape index (κ3) is 4.78. The molecule has 1 N–H and O–H groups in total. The van der Waals surface area contributed by atoms with Gasteiger partial charge in [0.25, 0.3) is 5.91 Å². The summed E-state index contributed by atoms with van der Waals surface area (Å²) in [5.41, 5.74) is 2.61. The maximum atomic E-state index is 12.5. The molecule has 0 aromatic heterocycles. The van der Waals surface area contributed by atoms with Crippen LogP contribution in [-0.2, 0) is 14.8 Å². The molecule has 144 valence electrons. The van der Waals surface area contributed by atoms with Crippen molar-refractivity contribution >= 4 is 33.0 Å². The second-order valence-corrected chi connectivity index (χ2v) is 8.39. The van der Waals surface area contributed by atoms with Crippen LogP contribution in [0.15, 0.2) is 48.5 Å². The van der Waals surface area contributed by atoms with Gasteiger partial charge in [0.1, 0.15) is 0 Å². The number of amides is 1. The lowest BCUT2D eigenvalue weighted by Gasteiger charge is -2.28. The predicted molar refractivity (Wildman–Crippen MR) is 107 cm³/mol. The molecular weight excluding hydrogens is 366 g/mol. The molecule has 0 radical (unpaired) electrons. The summed E-state index contributed by atoms with van der Waals surface area (Å²) >= 11 is 0. The molecular formula is C19H23N3O4S. The average molecular weight is 389 g/mol. The van der Waals surface area contributed by atoms with Crippen LogP contribution >= 0.6 is 0 Å². The van der Waals surface area contributed by atoms with Gasteiger partial charge in [-0.15, -0.1) is 0 Å². The van der Waals surface area contributed by atoms with Gasteiger partial charge in [-0.05, 0) is 42.5 Å². The molecule has 7 nitrogen and oxygen atoms in total. The fourth-order valence-corrected chi connectivity index (χ4v) is 3.32. The Morgan fingerprint density at radius 1 is 1.11 bits per heavy atom. The highest BCUT2D eigenvalue weighted by Crippen LogP contribution is 2.22. The molecule has 1 aliphatic heterocycles. The summed E-state index contributed by atoms with van der Waals surface area (Å²) in [5.74, 6) is -0.248. The van der Waals surface area contributed by atoms with Crippen molar-refractivity contribution in [3.63, 3.8) is 0 Å². The number of sulfonamides is 1. The number of anilines is 3. The number of benzene rings is 2. The number of morpholine rings is 1. The molecule has 2 aromatic rings. The molecule has 1 heterocycles. The van der Waals surface area contributed by atoms with Crippen LogP contribution in [0.1, 0.15) is 10.4 Å². The van der Waals surface area contributed by atoms with Gasteiger partial charge in [0.2, 0.25) is 10.0 Å². The van der Waals surface area contributed by atoms with E-state index in [0.29, 0.717) is 30.2 Å². The summed E-state index contributed by atoms with van der Waals surface area (Å²) in [6.45, 7) is 3.10. The van der Waals surface area contributed by atoms with Crippen LogP contribution < -0.4 is 14.5 Å². The van der Waals surface area contributed by atoms with Crippen LogP contribution in [0, 0.1) is 0 Å². The Labute approximate surface area is 159 Å². The summed E-state index contributed by atoms with van der Waals surface area (Å²) in [6.07, 6.45) is 1.13. The van der Waals surface area contributed by atoms with E-state index in [2.05, 4.69) is 10.2 Å². The fraction of sp³-hybridized carbons (Fsp3) is 0.316. The third-order valence-corrected chi connectivity index (χ3v) is 5.68. The molecule has 0 unspecified atom stereocenters. The minimum Gasteiger partial charge on any atom is -0.378 e. The van der Waals surface area contributed by atoms with Crippen molar-refractivity contribution < 1.29 is 17.9 Å². The topological polar surface area (TPSA) is 79.0 Å². The van der Waals surface area contributed by atoms with Gasteiger partial charge in [-0.3, -0.25) is 9.10 Å². The van der Waals surface area contributed by atoms with E-state index in [9.17, 15) is 13.2 Å². The molecule has 0 bridgehead atoms. The highest BCUT2D eigenvalue weighted by atomic mass is 32.2. The second kappa shape index (κ2) is 7.98. The fourth-order valence-electron chi connectivity index (χ4n) is 2.82. The molecule has 1 aliphatic rings. The average Bonchev–Trinajstić information content (AvgIpc) is 2.67. The Kier molecular flexibility index (Phi) is 5.67. The zero-order valence-corrected chi connectivity index (χ0v) is 16.2. The molecule has 1 amide bonds. The maximum absolute atomic E-state index is 12.5. The summed E-state index contributed by atoms with van der Waals surface area (Å²) in [5, 5.41) is 2.81. The lowest BCUT2D eigenvalue weighted by atomic mass is 10.1. The van der Waals surface area contributed by atoms with Gasteiger partial charge < -0.3 is 15.0 Å². The van der Waals surface area contributed by atoms with E-state index >= 15 is 0 Å². The van der Waals surface area contributed by atoms with Crippen LogP contribution in [0.3, 0.4) is 0 Å². The van der Waals surface area contributed by atoms with Crippen molar-refractivity contribution in [2.75, 3.05) is 54.1 Å². The number of carbonyl (C=O) groups excluding carboxylic acids is 1. The van der Waals surface area contributed by atoms with Gasteiger partial charge in [-0.25, -0.2) is 8.42 Å². The number of hydrogen-bond donors (Lipinski definition) is 1. The molecule has 2 aromatic carbocycles.